The summed E-state index contributed by atoms with van der Waals surface area (Å²) in [6.45, 7) is 0.792. The fourth-order valence-electron chi connectivity index (χ4n) is 3.92. The molecule has 1 saturated heterocycles. The molecular formula is C25H18ClF5N4O2S. The predicted molar refractivity (Wildman–Crippen MR) is 135 cm³/mol. The lowest BCUT2D eigenvalue weighted by atomic mass is 10.1. The molecule has 13 heteroatoms. The SMILES string of the molecule is CSc1c(F)c(F)c(F)c(F)c1Nc1cc2c(Nc3ccc(F)c(Cl)c3)ncnc2cc1OC1CCOC1. The minimum Gasteiger partial charge on any atom is -0.486 e. The Labute approximate surface area is 222 Å². The second-order valence-electron chi connectivity index (χ2n) is 8.23. The topological polar surface area (TPSA) is 68.3 Å². The van der Waals surface area contributed by atoms with E-state index in [0.29, 0.717) is 48.0 Å². The molecule has 1 aliphatic heterocycles. The summed E-state index contributed by atoms with van der Waals surface area (Å²) in [5, 5.41) is 6.00. The Morgan fingerprint density at radius 2 is 1.79 bits per heavy atom. The van der Waals surface area contributed by atoms with Crippen molar-refractivity contribution >= 4 is 57.1 Å². The van der Waals surface area contributed by atoms with Gasteiger partial charge in [-0.05, 0) is 30.5 Å². The van der Waals surface area contributed by atoms with Crippen LogP contribution < -0.4 is 15.4 Å². The molecular weight excluding hydrogens is 551 g/mol. The molecule has 1 atom stereocenters. The van der Waals surface area contributed by atoms with Crippen LogP contribution >= 0.6 is 23.4 Å². The van der Waals surface area contributed by atoms with Crippen molar-refractivity contribution in [1.29, 1.82) is 0 Å². The quantitative estimate of drug-likeness (QED) is 0.104. The molecule has 1 aliphatic rings. The first-order valence-corrected chi connectivity index (χ1v) is 12.8. The van der Waals surface area contributed by atoms with Crippen LogP contribution in [0.1, 0.15) is 6.42 Å². The van der Waals surface area contributed by atoms with Crippen LogP contribution in [-0.4, -0.2) is 35.5 Å². The molecule has 3 aromatic carbocycles. The lowest BCUT2D eigenvalue weighted by molar-refractivity contribution is 0.142. The van der Waals surface area contributed by atoms with E-state index in [4.69, 9.17) is 21.1 Å². The van der Waals surface area contributed by atoms with E-state index in [1.165, 1.54) is 36.8 Å². The summed E-state index contributed by atoms with van der Waals surface area (Å²) in [6.07, 6.45) is 2.95. The highest BCUT2D eigenvalue weighted by Crippen LogP contribution is 2.41. The summed E-state index contributed by atoms with van der Waals surface area (Å²) in [7, 11) is 0. The zero-order valence-corrected chi connectivity index (χ0v) is 21.1. The van der Waals surface area contributed by atoms with Gasteiger partial charge in [0.05, 0.1) is 40.0 Å². The molecule has 0 spiro atoms. The Balaban J connectivity index is 1.64. The summed E-state index contributed by atoms with van der Waals surface area (Å²) in [4.78, 5) is 8.04. The number of hydrogen-bond acceptors (Lipinski definition) is 7. The van der Waals surface area contributed by atoms with Crippen molar-refractivity contribution in [1.82, 2.24) is 9.97 Å². The lowest BCUT2D eigenvalue weighted by Crippen LogP contribution is -2.17. The second kappa shape index (κ2) is 10.8. The third-order valence-electron chi connectivity index (χ3n) is 5.79. The molecule has 2 N–H and O–H groups in total. The molecule has 6 nitrogen and oxygen atoms in total. The Bertz CT molecular complexity index is 1540. The molecule has 0 aliphatic carbocycles. The smallest absolute Gasteiger partial charge is 0.199 e. The molecule has 1 fully saturated rings. The van der Waals surface area contributed by atoms with E-state index in [1.807, 2.05) is 0 Å². The van der Waals surface area contributed by atoms with E-state index in [9.17, 15) is 22.0 Å². The number of nitrogens with one attached hydrogen (secondary N) is 2. The standard InChI is InChI=1S/C25H18ClF5N4O2S/c1-38-24-22(31)20(29)19(28)21(30)23(24)35-17-7-13-16(8-18(17)37-12-4-5-36-9-12)32-10-33-25(13)34-11-2-3-15(27)14(26)6-11/h2-3,6-8,10,12,35H,4-5,9H2,1H3,(H,32,33,34). The summed E-state index contributed by atoms with van der Waals surface area (Å²) in [5.74, 6) is -7.10. The molecule has 5 rings (SSSR count). The highest BCUT2D eigenvalue weighted by molar-refractivity contribution is 7.98. The maximum Gasteiger partial charge on any atom is 0.199 e. The van der Waals surface area contributed by atoms with Gasteiger partial charge in [0.2, 0.25) is 0 Å². The van der Waals surface area contributed by atoms with E-state index < -0.39 is 39.7 Å². The van der Waals surface area contributed by atoms with Gasteiger partial charge >= 0.3 is 0 Å². The Morgan fingerprint density at radius 3 is 2.50 bits per heavy atom. The van der Waals surface area contributed by atoms with Crippen LogP contribution in [-0.2, 0) is 4.74 Å². The van der Waals surface area contributed by atoms with Crippen LogP contribution in [0.4, 0.5) is 44.8 Å². The number of ether oxygens (including phenoxy) is 2. The van der Waals surface area contributed by atoms with E-state index in [2.05, 4.69) is 20.6 Å². The Morgan fingerprint density at radius 1 is 1.00 bits per heavy atom. The number of halogens is 6. The minimum absolute atomic E-state index is 0.106. The van der Waals surface area contributed by atoms with Gasteiger partial charge in [-0.1, -0.05) is 11.6 Å². The molecule has 1 unspecified atom stereocenters. The molecule has 2 heterocycles. The Hall–Kier alpha value is -3.35. The summed E-state index contributed by atoms with van der Waals surface area (Å²) in [5.41, 5.74) is 0.348. The Kier molecular flexibility index (Phi) is 7.46. The number of rotatable bonds is 7. The predicted octanol–water partition coefficient (Wildman–Crippen LogP) is 7.36. The van der Waals surface area contributed by atoms with Crippen molar-refractivity contribution in [2.75, 3.05) is 30.1 Å². The van der Waals surface area contributed by atoms with Gasteiger partial charge in [0.15, 0.2) is 23.3 Å². The molecule has 0 radical (unpaired) electrons. The van der Waals surface area contributed by atoms with Gasteiger partial charge in [-0.2, -0.15) is 0 Å². The first-order chi connectivity index (χ1) is 18.3. The van der Waals surface area contributed by atoms with E-state index >= 15 is 0 Å². The van der Waals surface area contributed by atoms with Gasteiger partial charge in [-0.15, -0.1) is 11.8 Å². The number of thioether (sulfide) groups is 1. The fourth-order valence-corrected chi connectivity index (χ4v) is 4.72. The average molecular weight is 569 g/mol. The van der Waals surface area contributed by atoms with Crippen molar-refractivity contribution in [2.45, 2.75) is 17.4 Å². The molecule has 0 bridgehead atoms. The van der Waals surface area contributed by atoms with Crippen LogP contribution in [0, 0.1) is 29.1 Å². The lowest BCUT2D eigenvalue weighted by Gasteiger charge is -2.20. The van der Waals surface area contributed by atoms with E-state index in [1.54, 1.807) is 6.07 Å². The molecule has 1 aromatic heterocycles. The van der Waals surface area contributed by atoms with E-state index in [0.717, 1.165) is 0 Å². The number of anilines is 4. The summed E-state index contributed by atoms with van der Waals surface area (Å²) >= 11 is 6.59. The zero-order valence-electron chi connectivity index (χ0n) is 19.5. The zero-order chi connectivity index (χ0) is 27.0. The van der Waals surface area contributed by atoms with Crippen LogP contribution in [0.5, 0.6) is 5.75 Å². The van der Waals surface area contributed by atoms with Crippen LogP contribution in [0.25, 0.3) is 10.9 Å². The second-order valence-corrected chi connectivity index (χ2v) is 9.46. The molecule has 4 aromatic rings. The maximum absolute atomic E-state index is 14.9. The van der Waals surface area contributed by atoms with Crippen molar-refractivity contribution < 1.29 is 31.4 Å². The van der Waals surface area contributed by atoms with Gasteiger partial charge in [-0.25, -0.2) is 31.9 Å². The van der Waals surface area contributed by atoms with Gasteiger partial charge in [0, 0.05) is 23.6 Å². The van der Waals surface area contributed by atoms with Crippen LogP contribution in [0.2, 0.25) is 5.02 Å². The van der Waals surface area contributed by atoms with Crippen molar-refractivity contribution in [3.63, 3.8) is 0 Å². The largest absolute Gasteiger partial charge is 0.486 e. The number of hydrogen-bond donors (Lipinski definition) is 2. The van der Waals surface area contributed by atoms with E-state index in [-0.39, 0.29) is 28.4 Å². The first-order valence-electron chi connectivity index (χ1n) is 11.2. The van der Waals surface area contributed by atoms with Gasteiger partial charge in [-0.3, -0.25) is 0 Å². The van der Waals surface area contributed by atoms with Gasteiger partial charge in [0.25, 0.3) is 0 Å². The third kappa shape index (κ3) is 5.03. The highest BCUT2D eigenvalue weighted by Gasteiger charge is 2.27. The first kappa shape index (κ1) is 26.3. The number of nitrogens with zero attached hydrogens (tertiary/aromatic N) is 2. The van der Waals surface area contributed by atoms with Crippen molar-refractivity contribution in [2.24, 2.45) is 0 Å². The average Bonchev–Trinajstić information content (AvgIpc) is 3.42. The number of benzene rings is 3. The molecule has 0 saturated carbocycles. The van der Waals surface area contributed by atoms with Crippen molar-refractivity contribution in [3.05, 3.63) is 70.8 Å². The normalized spacial score (nSPS) is 15.2. The van der Waals surface area contributed by atoms with Gasteiger partial charge in [0.1, 0.15) is 29.8 Å². The summed E-state index contributed by atoms with van der Waals surface area (Å²) in [6, 6.07) is 7.05. The van der Waals surface area contributed by atoms with Crippen LogP contribution in [0.3, 0.4) is 0 Å². The summed E-state index contributed by atoms with van der Waals surface area (Å²) < 4.78 is 82.5. The number of aromatic nitrogens is 2. The van der Waals surface area contributed by atoms with Crippen LogP contribution in [0.15, 0.2) is 41.6 Å². The molecule has 198 valence electrons. The molecule has 38 heavy (non-hydrogen) atoms. The third-order valence-corrected chi connectivity index (χ3v) is 6.87. The number of fused-ring (bicyclic) bond motifs is 1. The highest BCUT2D eigenvalue weighted by atomic mass is 35.5. The van der Waals surface area contributed by atoms with Gasteiger partial charge < -0.3 is 20.1 Å². The maximum atomic E-state index is 14.9. The monoisotopic (exact) mass is 568 g/mol. The fraction of sp³-hybridized carbons (Fsp3) is 0.200. The molecule has 0 amide bonds. The minimum atomic E-state index is -1.95. The van der Waals surface area contributed by atoms with Crippen molar-refractivity contribution in [3.8, 4) is 5.75 Å².